The fourth-order valence-electron chi connectivity index (χ4n) is 1.51. The van der Waals surface area contributed by atoms with Gasteiger partial charge in [-0.25, -0.2) is 0 Å². The van der Waals surface area contributed by atoms with Crippen LogP contribution in [-0.4, -0.2) is 5.11 Å². The molecule has 2 rings (SSSR count). The van der Waals surface area contributed by atoms with Crippen molar-refractivity contribution in [2.75, 3.05) is 11.1 Å². The molecule has 0 aliphatic carbocycles. The molecule has 2 aromatic carbocycles. The first kappa shape index (κ1) is 11.6. The minimum absolute atomic E-state index is 0.0800. The lowest BCUT2D eigenvalue weighted by atomic mass is 10.2. The summed E-state index contributed by atoms with van der Waals surface area (Å²) >= 11 is 5.81. The summed E-state index contributed by atoms with van der Waals surface area (Å²) in [5.41, 5.74) is 8.46. The van der Waals surface area contributed by atoms with E-state index >= 15 is 0 Å². The second-order valence-electron chi connectivity index (χ2n) is 3.72. The monoisotopic (exact) mass is 248 g/mol. The van der Waals surface area contributed by atoms with Gasteiger partial charge in [0.25, 0.3) is 0 Å². The molecule has 0 saturated heterocycles. The average Bonchev–Trinajstić information content (AvgIpc) is 2.32. The third-order valence-electron chi connectivity index (χ3n) is 2.49. The van der Waals surface area contributed by atoms with Gasteiger partial charge in [-0.15, -0.1) is 0 Å². The number of benzene rings is 2. The van der Waals surface area contributed by atoms with Gasteiger partial charge in [0.2, 0.25) is 0 Å². The number of phenols is 1. The molecule has 0 saturated carbocycles. The summed E-state index contributed by atoms with van der Waals surface area (Å²) < 4.78 is 0. The Balaban J connectivity index is 2.08. The zero-order valence-electron chi connectivity index (χ0n) is 9.15. The van der Waals surface area contributed by atoms with Crippen LogP contribution in [0.2, 0.25) is 5.02 Å². The molecule has 0 bridgehead atoms. The van der Waals surface area contributed by atoms with E-state index < -0.39 is 0 Å². The van der Waals surface area contributed by atoms with E-state index in [0.717, 1.165) is 16.9 Å². The molecule has 0 aliphatic rings. The highest BCUT2D eigenvalue weighted by Gasteiger charge is 2.01. The molecule has 0 radical (unpaired) electrons. The Labute approximate surface area is 105 Å². The maximum Gasteiger partial charge on any atom is 0.134 e. The predicted molar refractivity (Wildman–Crippen MR) is 71.3 cm³/mol. The summed E-state index contributed by atoms with van der Waals surface area (Å²) in [7, 11) is 0. The SMILES string of the molecule is Nc1ccccc1CNc1ccc(O)c(Cl)c1. The van der Waals surface area contributed by atoms with Gasteiger partial charge < -0.3 is 16.2 Å². The van der Waals surface area contributed by atoms with Gasteiger partial charge in [0, 0.05) is 17.9 Å². The highest BCUT2D eigenvalue weighted by molar-refractivity contribution is 6.32. The molecule has 0 atom stereocenters. The van der Waals surface area contributed by atoms with Crippen molar-refractivity contribution in [1.82, 2.24) is 0 Å². The van der Waals surface area contributed by atoms with Crippen molar-refractivity contribution in [2.24, 2.45) is 0 Å². The number of nitrogens with one attached hydrogen (secondary N) is 1. The summed E-state index contributed by atoms with van der Waals surface area (Å²) in [6, 6.07) is 12.7. The molecular formula is C13H13ClN2O. The minimum atomic E-state index is 0.0800. The maximum absolute atomic E-state index is 9.29. The molecule has 17 heavy (non-hydrogen) atoms. The number of hydrogen-bond donors (Lipinski definition) is 3. The molecule has 2 aromatic rings. The number of anilines is 2. The number of nitrogen functional groups attached to an aromatic ring is 1. The Hall–Kier alpha value is -1.87. The quantitative estimate of drug-likeness (QED) is 0.577. The molecule has 0 heterocycles. The summed E-state index contributed by atoms with van der Waals surface area (Å²) in [6.45, 7) is 0.619. The van der Waals surface area contributed by atoms with Crippen LogP contribution in [0.4, 0.5) is 11.4 Å². The molecule has 0 aromatic heterocycles. The van der Waals surface area contributed by atoms with E-state index in [2.05, 4.69) is 5.32 Å². The molecule has 0 fully saturated rings. The van der Waals surface area contributed by atoms with Crippen LogP contribution in [-0.2, 0) is 6.54 Å². The van der Waals surface area contributed by atoms with Crippen molar-refractivity contribution in [3.8, 4) is 5.75 Å². The third-order valence-corrected chi connectivity index (χ3v) is 2.79. The van der Waals surface area contributed by atoms with E-state index in [1.54, 1.807) is 18.2 Å². The van der Waals surface area contributed by atoms with Gasteiger partial charge in [-0.3, -0.25) is 0 Å². The van der Waals surface area contributed by atoms with Gasteiger partial charge in [-0.2, -0.15) is 0 Å². The predicted octanol–water partition coefficient (Wildman–Crippen LogP) is 3.24. The topological polar surface area (TPSA) is 58.3 Å². The van der Waals surface area contributed by atoms with Crippen molar-refractivity contribution in [1.29, 1.82) is 0 Å². The van der Waals surface area contributed by atoms with Gasteiger partial charge in [0.1, 0.15) is 5.75 Å². The summed E-state index contributed by atoms with van der Waals surface area (Å²) in [4.78, 5) is 0. The fourth-order valence-corrected chi connectivity index (χ4v) is 1.69. The van der Waals surface area contributed by atoms with Crippen LogP contribution in [0.5, 0.6) is 5.75 Å². The molecule has 4 heteroatoms. The van der Waals surface area contributed by atoms with E-state index in [9.17, 15) is 5.11 Å². The standard InChI is InChI=1S/C13H13ClN2O/c14-11-7-10(5-6-13(11)17)16-8-9-3-1-2-4-12(9)15/h1-7,16-17H,8,15H2. The molecule has 0 aliphatic heterocycles. The lowest BCUT2D eigenvalue weighted by molar-refractivity contribution is 0.475. The zero-order chi connectivity index (χ0) is 12.3. The van der Waals surface area contributed by atoms with Crippen LogP contribution >= 0.6 is 11.6 Å². The lowest BCUT2D eigenvalue weighted by Crippen LogP contribution is -2.02. The normalized spacial score (nSPS) is 10.2. The molecule has 4 N–H and O–H groups in total. The van der Waals surface area contributed by atoms with Crippen molar-refractivity contribution < 1.29 is 5.11 Å². The Bertz CT molecular complexity index is 529. The molecule has 88 valence electrons. The van der Waals surface area contributed by atoms with Gasteiger partial charge in [-0.05, 0) is 29.8 Å². The number of halogens is 1. The highest BCUT2D eigenvalue weighted by atomic mass is 35.5. The maximum atomic E-state index is 9.29. The first-order valence-electron chi connectivity index (χ1n) is 5.22. The largest absolute Gasteiger partial charge is 0.506 e. The van der Waals surface area contributed by atoms with Crippen molar-refractivity contribution in [3.05, 3.63) is 53.1 Å². The minimum Gasteiger partial charge on any atom is -0.506 e. The van der Waals surface area contributed by atoms with Crippen molar-refractivity contribution in [2.45, 2.75) is 6.54 Å². The first-order valence-corrected chi connectivity index (χ1v) is 5.60. The van der Waals surface area contributed by atoms with Crippen LogP contribution in [0.15, 0.2) is 42.5 Å². The van der Waals surface area contributed by atoms with Gasteiger partial charge in [-0.1, -0.05) is 29.8 Å². The third kappa shape index (κ3) is 2.82. The molecule has 0 spiro atoms. The van der Waals surface area contributed by atoms with Crippen LogP contribution in [0.3, 0.4) is 0 Å². The van der Waals surface area contributed by atoms with Crippen molar-refractivity contribution >= 4 is 23.0 Å². The Morgan fingerprint density at radius 1 is 1.18 bits per heavy atom. The summed E-state index contributed by atoms with van der Waals surface area (Å²) in [6.07, 6.45) is 0. The number of phenolic OH excluding ortho intramolecular Hbond substituents is 1. The van der Waals surface area contributed by atoms with Crippen LogP contribution in [0, 0.1) is 0 Å². The van der Waals surface area contributed by atoms with Gasteiger partial charge in [0.05, 0.1) is 5.02 Å². The summed E-state index contributed by atoms with van der Waals surface area (Å²) in [5.74, 6) is 0.0800. The van der Waals surface area contributed by atoms with E-state index in [0.29, 0.717) is 11.6 Å². The average molecular weight is 249 g/mol. The number of hydrogen-bond acceptors (Lipinski definition) is 3. The molecule has 0 amide bonds. The number of para-hydroxylation sites is 1. The summed E-state index contributed by atoms with van der Waals surface area (Å²) in [5, 5.41) is 12.8. The van der Waals surface area contributed by atoms with E-state index in [-0.39, 0.29) is 5.75 Å². The first-order chi connectivity index (χ1) is 8.16. The second-order valence-corrected chi connectivity index (χ2v) is 4.13. The van der Waals surface area contributed by atoms with Crippen LogP contribution < -0.4 is 11.1 Å². The zero-order valence-corrected chi connectivity index (χ0v) is 9.91. The van der Waals surface area contributed by atoms with Gasteiger partial charge in [0.15, 0.2) is 0 Å². The fraction of sp³-hybridized carbons (Fsp3) is 0.0769. The van der Waals surface area contributed by atoms with Crippen LogP contribution in [0.1, 0.15) is 5.56 Å². The Morgan fingerprint density at radius 3 is 2.65 bits per heavy atom. The Morgan fingerprint density at radius 2 is 1.94 bits per heavy atom. The number of aromatic hydroxyl groups is 1. The van der Waals surface area contributed by atoms with E-state index in [1.807, 2.05) is 24.3 Å². The van der Waals surface area contributed by atoms with Crippen LogP contribution in [0.25, 0.3) is 0 Å². The number of nitrogens with two attached hydrogens (primary N) is 1. The van der Waals surface area contributed by atoms with E-state index in [1.165, 1.54) is 0 Å². The van der Waals surface area contributed by atoms with Crippen molar-refractivity contribution in [3.63, 3.8) is 0 Å². The highest BCUT2D eigenvalue weighted by Crippen LogP contribution is 2.26. The van der Waals surface area contributed by atoms with Gasteiger partial charge >= 0.3 is 0 Å². The number of rotatable bonds is 3. The molecule has 0 unspecified atom stereocenters. The smallest absolute Gasteiger partial charge is 0.134 e. The molecule has 3 nitrogen and oxygen atoms in total. The Kier molecular flexibility index (Phi) is 3.40. The van der Waals surface area contributed by atoms with E-state index in [4.69, 9.17) is 17.3 Å². The second kappa shape index (κ2) is 4.97. The molecular weight excluding hydrogens is 236 g/mol. The lowest BCUT2D eigenvalue weighted by Gasteiger charge is -2.09.